The molecule has 2 aromatic heterocycles. The number of para-hydroxylation sites is 1. The van der Waals surface area contributed by atoms with Crippen LogP contribution in [0.3, 0.4) is 0 Å². The van der Waals surface area contributed by atoms with Crippen molar-refractivity contribution in [1.29, 1.82) is 0 Å². The summed E-state index contributed by atoms with van der Waals surface area (Å²) in [5.41, 5.74) is 4.98. The average molecular weight is 416 g/mol. The van der Waals surface area contributed by atoms with Crippen LogP contribution in [0.25, 0.3) is 21.3 Å². The molecular weight excluding hydrogens is 394 g/mol. The van der Waals surface area contributed by atoms with Crippen molar-refractivity contribution in [2.45, 2.75) is 26.3 Å². The minimum Gasteiger partial charge on any atom is -0.311 e. The van der Waals surface area contributed by atoms with Crippen molar-refractivity contribution in [1.82, 2.24) is 9.55 Å². The van der Waals surface area contributed by atoms with Crippen LogP contribution in [0.1, 0.15) is 17.5 Å². The zero-order chi connectivity index (χ0) is 20.7. The number of rotatable bonds is 3. The van der Waals surface area contributed by atoms with Gasteiger partial charge in [-0.15, -0.1) is 11.3 Å². The van der Waals surface area contributed by atoms with Gasteiger partial charge >= 0.3 is 0 Å². The number of thiophene rings is 1. The second-order valence-corrected chi connectivity index (χ2v) is 8.51. The Balaban J connectivity index is 1.51. The smallest absolute Gasteiger partial charge is 0.263 e. The Kier molecular flexibility index (Phi) is 4.71. The van der Waals surface area contributed by atoms with Gasteiger partial charge in [0.1, 0.15) is 11.4 Å². The Labute approximate surface area is 178 Å². The number of anilines is 1. The maximum absolute atomic E-state index is 13.3. The summed E-state index contributed by atoms with van der Waals surface area (Å²) in [4.78, 5) is 33.3. The van der Waals surface area contributed by atoms with E-state index >= 15 is 0 Å². The predicted octanol–water partition coefficient (Wildman–Crippen LogP) is 4.41. The van der Waals surface area contributed by atoms with Crippen LogP contribution < -0.4 is 10.5 Å². The standard InChI is InChI=1S/C24H21N3O2S/c1-16-8-10-17(11-9-16)19-14-30-23-22(19)24(29)26(15-25-23)13-21(28)27-12-4-6-18-5-2-3-7-20(18)27/h2-3,5,7-11,14-15H,4,6,12-13H2,1H3. The van der Waals surface area contributed by atoms with Crippen LogP contribution in [-0.4, -0.2) is 22.0 Å². The Morgan fingerprint density at radius 1 is 1.13 bits per heavy atom. The van der Waals surface area contributed by atoms with Gasteiger partial charge in [-0.1, -0.05) is 48.0 Å². The summed E-state index contributed by atoms with van der Waals surface area (Å²) in [5, 5.41) is 2.55. The lowest BCUT2D eigenvalue weighted by Crippen LogP contribution is -2.39. The third-order valence-electron chi connectivity index (χ3n) is 5.64. The van der Waals surface area contributed by atoms with E-state index in [0.29, 0.717) is 16.8 Å². The van der Waals surface area contributed by atoms with E-state index in [2.05, 4.69) is 11.1 Å². The predicted molar refractivity (Wildman–Crippen MR) is 121 cm³/mol. The summed E-state index contributed by atoms with van der Waals surface area (Å²) in [6.07, 6.45) is 3.40. The van der Waals surface area contributed by atoms with Gasteiger partial charge in [-0.2, -0.15) is 0 Å². The molecule has 0 saturated carbocycles. The van der Waals surface area contributed by atoms with Crippen LogP contribution in [-0.2, 0) is 17.8 Å². The molecule has 2 aromatic carbocycles. The number of hydrogen-bond acceptors (Lipinski definition) is 4. The van der Waals surface area contributed by atoms with E-state index in [1.165, 1.54) is 33.4 Å². The highest BCUT2D eigenvalue weighted by molar-refractivity contribution is 7.17. The minimum absolute atomic E-state index is 0.0146. The van der Waals surface area contributed by atoms with Crippen LogP contribution in [0.15, 0.2) is 65.0 Å². The first-order valence-electron chi connectivity index (χ1n) is 10.0. The van der Waals surface area contributed by atoms with Gasteiger partial charge in [-0.05, 0) is 37.0 Å². The molecule has 5 nitrogen and oxygen atoms in total. The van der Waals surface area contributed by atoms with Gasteiger partial charge in [0.05, 0.1) is 11.7 Å². The van der Waals surface area contributed by atoms with Gasteiger partial charge in [-0.3, -0.25) is 14.2 Å². The quantitative estimate of drug-likeness (QED) is 0.498. The van der Waals surface area contributed by atoms with E-state index in [1.54, 1.807) is 4.90 Å². The second-order valence-electron chi connectivity index (χ2n) is 7.65. The molecule has 3 heterocycles. The first-order chi connectivity index (χ1) is 14.6. The number of aryl methyl sites for hydroxylation is 2. The Bertz CT molecular complexity index is 1300. The molecule has 30 heavy (non-hydrogen) atoms. The molecule has 0 atom stereocenters. The molecule has 0 fully saturated rings. The number of amides is 1. The van der Waals surface area contributed by atoms with E-state index < -0.39 is 0 Å². The molecule has 0 saturated heterocycles. The molecule has 0 radical (unpaired) electrons. The van der Waals surface area contributed by atoms with Gasteiger partial charge in [-0.25, -0.2) is 4.98 Å². The van der Waals surface area contributed by atoms with Crippen LogP contribution in [0, 0.1) is 6.92 Å². The second kappa shape index (κ2) is 7.54. The highest BCUT2D eigenvalue weighted by Gasteiger charge is 2.23. The van der Waals surface area contributed by atoms with Crippen molar-refractivity contribution in [2.24, 2.45) is 0 Å². The molecule has 1 amide bonds. The van der Waals surface area contributed by atoms with E-state index in [4.69, 9.17) is 0 Å². The molecule has 1 aliphatic heterocycles. The van der Waals surface area contributed by atoms with E-state index in [1.807, 2.05) is 54.8 Å². The molecular formula is C24H21N3O2S. The van der Waals surface area contributed by atoms with Crippen molar-refractivity contribution in [3.63, 3.8) is 0 Å². The average Bonchev–Trinajstić information content (AvgIpc) is 3.20. The van der Waals surface area contributed by atoms with E-state index in [-0.39, 0.29) is 18.0 Å². The van der Waals surface area contributed by atoms with Crippen molar-refractivity contribution in [3.05, 3.63) is 81.7 Å². The lowest BCUT2D eigenvalue weighted by atomic mass is 10.0. The van der Waals surface area contributed by atoms with Crippen molar-refractivity contribution in [2.75, 3.05) is 11.4 Å². The first-order valence-corrected chi connectivity index (χ1v) is 10.9. The van der Waals surface area contributed by atoms with E-state index in [0.717, 1.165) is 29.7 Å². The van der Waals surface area contributed by atoms with Crippen LogP contribution >= 0.6 is 11.3 Å². The lowest BCUT2D eigenvalue weighted by Gasteiger charge is -2.29. The SMILES string of the molecule is Cc1ccc(-c2csc3ncn(CC(=O)N4CCCc5ccccc54)c(=O)c23)cc1. The molecule has 6 heteroatoms. The topological polar surface area (TPSA) is 55.2 Å². The molecule has 0 spiro atoms. The molecule has 0 N–H and O–H groups in total. The van der Waals surface area contributed by atoms with Crippen LogP contribution in [0.5, 0.6) is 0 Å². The third-order valence-corrected chi connectivity index (χ3v) is 6.53. The Morgan fingerprint density at radius 3 is 2.77 bits per heavy atom. The molecule has 150 valence electrons. The largest absolute Gasteiger partial charge is 0.311 e. The van der Waals surface area contributed by atoms with Crippen LogP contribution in [0.2, 0.25) is 0 Å². The van der Waals surface area contributed by atoms with Gasteiger partial charge in [0.15, 0.2) is 0 Å². The number of fused-ring (bicyclic) bond motifs is 2. The lowest BCUT2D eigenvalue weighted by molar-refractivity contribution is -0.119. The Morgan fingerprint density at radius 2 is 1.93 bits per heavy atom. The zero-order valence-corrected chi connectivity index (χ0v) is 17.5. The monoisotopic (exact) mass is 415 g/mol. The number of hydrogen-bond donors (Lipinski definition) is 0. The highest BCUT2D eigenvalue weighted by atomic mass is 32.1. The van der Waals surface area contributed by atoms with Gasteiger partial charge in [0.25, 0.3) is 5.56 Å². The molecule has 0 bridgehead atoms. The van der Waals surface area contributed by atoms with E-state index in [9.17, 15) is 9.59 Å². The normalized spacial score (nSPS) is 13.4. The third kappa shape index (κ3) is 3.23. The van der Waals surface area contributed by atoms with Crippen molar-refractivity contribution < 1.29 is 4.79 Å². The molecule has 0 aliphatic carbocycles. The number of nitrogens with zero attached hydrogens (tertiary/aromatic N) is 3. The maximum Gasteiger partial charge on any atom is 0.263 e. The Hall–Kier alpha value is -3.25. The van der Waals surface area contributed by atoms with Gasteiger partial charge in [0.2, 0.25) is 5.91 Å². The van der Waals surface area contributed by atoms with Crippen LogP contribution in [0.4, 0.5) is 5.69 Å². The maximum atomic E-state index is 13.3. The summed E-state index contributed by atoms with van der Waals surface area (Å²) in [5.74, 6) is -0.0856. The summed E-state index contributed by atoms with van der Waals surface area (Å²) in [7, 11) is 0. The fourth-order valence-corrected chi connectivity index (χ4v) is 4.96. The number of aromatic nitrogens is 2. The number of carbonyl (C=O) groups excluding carboxylic acids is 1. The van der Waals surface area contributed by atoms with Crippen molar-refractivity contribution >= 4 is 33.1 Å². The fraction of sp³-hybridized carbons (Fsp3) is 0.208. The zero-order valence-electron chi connectivity index (χ0n) is 16.7. The molecule has 0 unspecified atom stereocenters. The number of carbonyl (C=O) groups is 1. The van der Waals surface area contributed by atoms with Gasteiger partial charge < -0.3 is 4.90 Å². The van der Waals surface area contributed by atoms with Gasteiger partial charge in [0, 0.05) is 23.2 Å². The minimum atomic E-state index is -0.171. The summed E-state index contributed by atoms with van der Waals surface area (Å²) in [6, 6.07) is 16.1. The highest BCUT2D eigenvalue weighted by Crippen LogP contribution is 2.31. The van der Waals surface area contributed by atoms with Crippen molar-refractivity contribution in [3.8, 4) is 11.1 Å². The summed E-state index contributed by atoms with van der Waals surface area (Å²) >= 11 is 1.45. The fourth-order valence-electron chi connectivity index (χ4n) is 4.05. The summed E-state index contributed by atoms with van der Waals surface area (Å²) in [6.45, 7) is 2.70. The molecule has 4 aromatic rings. The number of benzene rings is 2. The molecule has 1 aliphatic rings. The first kappa shape index (κ1) is 18.8. The molecule has 5 rings (SSSR count). The summed E-state index contributed by atoms with van der Waals surface area (Å²) < 4.78 is 1.44.